The van der Waals surface area contributed by atoms with E-state index in [1.54, 1.807) is 0 Å². The molecule has 0 radical (unpaired) electrons. The van der Waals surface area contributed by atoms with Crippen LogP contribution in [-0.2, 0) is 23.7 Å². The van der Waals surface area contributed by atoms with Crippen LogP contribution in [0.5, 0.6) is 0 Å². The van der Waals surface area contributed by atoms with E-state index in [0.717, 1.165) is 0 Å². The van der Waals surface area contributed by atoms with Gasteiger partial charge < -0.3 is 24.3 Å². The zero-order valence-corrected chi connectivity index (χ0v) is 14.2. The lowest BCUT2D eigenvalue weighted by Crippen LogP contribution is -2.26. The Morgan fingerprint density at radius 3 is 1.82 bits per heavy atom. The summed E-state index contributed by atoms with van der Waals surface area (Å²) in [6.07, 6.45) is 5.52. The molecule has 0 aliphatic heterocycles. The largest absolute Gasteiger partial charge is 0.377 e. The van der Waals surface area contributed by atoms with Gasteiger partial charge in [0.1, 0.15) is 6.61 Å². The van der Waals surface area contributed by atoms with Crippen LogP contribution in [-0.4, -0.2) is 65.3 Å². The second-order valence-electron chi connectivity index (χ2n) is 3.80. The number of rotatable bonds is 14. The summed E-state index contributed by atoms with van der Waals surface area (Å²) in [5.41, 5.74) is 0. The first-order valence-electron chi connectivity index (χ1n) is 7.82. The zero-order chi connectivity index (χ0) is 16.9. The standard InChI is InChI=1S/C14H25NO5.C2H6/c1-3-6-17-8-10-19-12-13-20-11-9-18-7-5-15-14(16)4-2;1-2/h1H,4-13H2,2H3,(H,15,16);1-2H3. The second kappa shape index (κ2) is 22.2. The molecule has 0 unspecified atom stereocenters. The van der Waals surface area contributed by atoms with Crippen LogP contribution in [0.15, 0.2) is 0 Å². The van der Waals surface area contributed by atoms with E-state index in [2.05, 4.69) is 11.2 Å². The van der Waals surface area contributed by atoms with Gasteiger partial charge in [-0.3, -0.25) is 4.79 Å². The van der Waals surface area contributed by atoms with E-state index in [0.29, 0.717) is 65.8 Å². The van der Waals surface area contributed by atoms with E-state index in [1.807, 2.05) is 20.8 Å². The number of hydrogen-bond acceptors (Lipinski definition) is 5. The van der Waals surface area contributed by atoms with Gasteiger partial charge in [-0.1, -0.05) is 26.7 Å². The molecule has 130 valence electrons. The van der Waals surface area contributed by atoms with Crippen LogP contribution in [0, 0.1) is 12.3 Å². The molecule has 6 nitrogen and oxygen atoms in total. The predicted octanol–water partition coefficient (Wildman–Crippen LogP) is 1.24. The molecular weight excluding hydrogens is 286 g/mol. The van der Waals surface area contributed by atoms with Crippen LogP contribution < -0.4 is 5.32 Å². The molecular formula is C16H31NO5. The van der Waals surface area contributed by atoms with Crippen LogP contribution >= 0.6 is 0 Å². The maximum Gasteiger partial charge on any atom is 0.219 e. The van der Waals surface area contributed by atoms with Gasteiger partial charge in [-0.2, -0.15) is 0 Å². The monoisotopic (exact) mass is 317 g/mol. The Kier molecular flexibility index (Phi) is 23.3. The smallest absolute Gasteiger partial charge is 0.219 e. The van der Waals surface area contributed by atoms with Crippen LogP contribution in [0.4, 0.5) is 0 Å². The lowest BCUT2D eigenvalue weighted by atomic mass is 10.4. The average Bonchev–Trinajstić information content (AvgIpc) is 2.56. The van der Waals surface area contributed by atoms with Gasteiger partial charge in [0.2, 0.25) is 5.91 Å². The zero-order valence-electron chi connectivity index (χ0n) is 14.2. The first-order chi connectivity index (χ1) is 10.8. The van der Waals surface area contributed by atoms with Crippen LogP contribution in [0.1, 0.15) is 27.2 Å². The molecule has 0 saturated carbocycles. The molecule has 0 fully saturated rings. The minimum atomic E-state index is 0.0354. The third kappa shape index (κ3) is 21.2. The summed E-state index contributed by atoms with van der Waals surface area (Å²) in [4.78, 5) is 10.9. The van der Waals surface area contributed by atoms with Crippen molar-refractivity contribution in [3.63, 3.8) is 0 Å². The first kappa shape index (κ1) is 23.1. The van der Waals surface area contributed by atoms with E-state index < -0.39 is 0 Å². The van der Waals surface area contributed by atoms with Gasteiger partial charge in [0.15, 0.2) is 0 Å². The first-order valence-corrected chi connectivity index (χ1v) is 7.82. The van der Waals surface area contributed by atoms with Crippen molar-refractivity contribution in [3.8, 4) is 12.3 Å². The maximum atomic E-state index is 10.9. The molecule has 6 heteroatoms. The van der Waals surface area contributed by atoms with Crippen LogP contribution in [0.25, 0.3) is 0 Å². The fourth-order valence-corrected chi connectivity index (χ4v) is 1.18. The quantitative estimate of drug-likeness (QED) is 0.386. The minimum absolute atomic E-state index is 0.0354. The summed E-state index contributed by atoms with van der Waals surface area (Å²) < 4.78 is 20.9. The molecule has 0 aromatic rings. The van der Waals surface area contributed by atoms with E-state index >= 15 is 0 Å². The average molecular weight is 317 g/mol. The number of amides is 1. The predicted molar refractivity (Wildman–Crippen MR) is 86.8 cm³/mol. The summed E-state index contributed by atoms with van der Waals surface area (Å²) in [7, 11) is 0. The SMILES string of the molecule is C#CCOCCOCCOCCOCCNC(=O)CC.CC. The third-order valence-electron chi connectivity index (χ3n) is 2.19. The Bertz CT molecular complexity index is 266. The molecule has 22 heavy (non-hydrogen) atoms. The number of carbonyl (C=O) groups excluding carboxylic acids is 1. The number of terminal acetylenes is 1. The fourth-order valence-electron chi connectivity index (χ4n) is 1.18. The highest BCUT2D eigenvalue weighted by Crippen LogP contribution is 1.82. The molecule has 0 aliphatic rings. The summed E-state index contributed by atoms with van der Waals surface area (Å²) in [6, 6.07) is 0. The Morgan fingerprint density at radius 1 is 0.909 bits per heavy atom. The van der Waals surface area contributed by atoms with Crippen LogP contribution in [0.2, 0.25) is 0 Å². The lowest BCUT2D eigenvalue weighted by molar-refractivity contribution is -0.121. The van der Waals surface area contributed by atoms with Crippen molar-refractivity contribution in [2.45, 2.75) is 27.2 Å². The number of hydrogen-bond donors (Lipinski definition) is 1. The summed E-state index contributed by atoms with van der Waals surface area (Å²) in [5.74, 6) is 2.41. The van der Waals surface area contributed by atoms with Crippen molar-refractivity contribution in [2.75, 3.05) is 59.4 Å². The number of carbonyl (C=O) groups is 1. The van der Waals surface area contributed by atoms with Crippen molar-refractivity contribution in [1.82, 2.24) is 5.32 Å². The molecule has 1 N–H and O–H groups in total. The van der Waals surface area contributed by atoms with Gasteiger partial charge in [0.25, 0.3) is 0 Å². The van der Waals surface area contributed by atoms with E-state index in [1.165, 1.54) is 0 Å². The molecule has 0 heterocycles. The van der Waals surface area contributed by atoms with E-state index in [4.69, 9.17) is 25.4 Å². The third-order valence-corrected chi connectivity index (χ3v) is 2.19. The van der Waals surface area contributed by atoms with E-state index in [9.17, 15) is 4.79 Å². The number of ether oxygens (including phenoxy) is 4. The van der Waals surface area contributed by atoms with Crippen molar-refractivity contribution in [2.24, 2.45) is 0 Å². The topological polar surface area (TPSA) is 66.0 Å². The Morgan fingerprint density at radius 2 is 1.36 bits per heavy atom. The molecule has 0 aromatic heterocycles. The Balaban J connectivity index is 0. The van der Waals surface area contributed by atoms with Gasteiger partial charge in [0.05, 0.1) is 46.2 Å². The molecule has 0 aromatic carbocycles. The normalized spacial score (nSPS) is 9.55. The van der Waals surface area contributed by atoms with Gasteiger partial charge in [-0.05, 0) is 0 Å². The summed E-state index contributed by atoms with van der Waals surface area (Å²) in [6.45, 7) is 10.2. The fraction of sp³-hybridized carbons (Fsp3) is 0.812. The minimum Gasteiger partial charge on any atom is -0.377 e. The Labute approximate surface area is 134 Å². The molecule has 1 amide bonds. The molecule has 0 aliphatic carbocycles. The van der Waals surface area contributed by atoms with Gasteiger partial charge in [-0.25, -0.2) is 0 Å². The second-order valence-corrected chi connectivity index (χ2v) is 3.80. The molecule has 0 atom stereocenters. The highest BCUT2D eigenvalue weighted by Gasteiger charge is 1.95. The summed E-state index contributed by atoms with van der Waals surface area (Å²) in [5, 5.41) is 2.72. The van der Waals surface area contributed by atoms with Crippen molar-refractivity contribution in [3.05, 3.63) is 0 Å². The number of nitrogens with one attached hydrogen (secondary N) is 1. The van der Waals surface area contributed by atoms with Gasteiger partial charge in [-0.15, -0.1) is 6.42 Å². The summed E-state index contributed by atoms with van der Waals surface area (Å²) >= 11 is 0. The van der Waals surface area contributed by atoms with Crippen molar-refractivity contribution in [1.29, 1.82) is 0 Å². The van der Waals surface area contributed by atoms with Crippen molar-refractivity contribution >= 4 is 5.91 Å². The molecule has 0 rings (SSSR count). The Hall–Kier alpha value is -1.13. The molecule has 0 bridgehead atoms. The van der Waals surface area contributed by atoms with Gasteiger partial charge >= 0.3 is 0 Å². The van der Waals surface area contributed by atoms with Crippen LogP contribution in [0.3, 0.4) is 0 Å². The lowest BCUT2D eigenvalue weighted by Gasteiger charge is -2.07. The highest BCUT2D eigenvalue weighted by atomic mass is 16.6. The maximum absolute atomic E-state index is 10.9. The van der Waals surface area contributed by atoms with Crippen molar-refractivity contribution < 1.29 is 23.7 Å². The van der Waals surface area contributed by atoms with Gasteiger partial charge in [0, 0.05) is 13.0 Å². The van der Waals surface area contributed by atoms with E-state index in [-0.39, 0.29) is 5.91 Å². The molecule has 0 spiro atoms. The highest BCUT2D eigenvalue weighted by molar-refractivity contribution is 5.75. The molecule has 0 saturated heterocycles.